The molecule has 0 aliphatic carbocycles. The highest BCUT2D eigenvalue weighted by Gasteiger charge is 2.14. The smallest absolute Gasteiger partial charge is 0.276 e. The molecule has 0 spiro atoms. The van der Waals surface area contributed by atoms with E-state index in [0.29, 0.717) is 28.4 Å². The molecule has 0 fully saturated rings. The molecule has 0 unspecified atom stereocenters. The molecule has 3 rings (SSSR count). The van der Waals surface area contributed by atoms with Gasteiger partial charge in [0.2, 0.25) is 5.89 Å². The van der Waals surface area contributed by atoms with Gasteiger partial charge >= 0.3 is 0 Å². The van der Waals surface area contributed by atoms with Crippen molar-refractivity contribution in [1.82, 2.24) is 10.2 Å². The van der Waals surface area contributed by atoms with Gasteiger partial charge in [-0.1, -0.05) is 30.0 Å². The van der Waals surface area contributed by atoms with Crippen molar-refractivity contribution in [1.29, 1.82) is 0 Å². The second-order valence-electron chi connectivity index (χ2n) is 5.53. The lowest BCUT2D eigenvalue weighted by Gasteiger charge is -2.10. The number of rotatable bonds is 9. The average Bonchev–Trinajstić information content (AvgIpc) is 3.20. The maximum atomic E-state index is 10.1. The Bertz CT molecular complexity index is 856. The van der Waals surface area contributed by atoms with Crippen LogP contribution in [-0.4, -0.2) is 48.0 Å². The van der Waals surface area contributed by atoms with E-state index in [9.17, 15) is 5.11 Å². The fraction of sp³-hybridized carbons (Fsp3) is 0.263. The van der Waals surface area contributed by atoms with Crippen LogP contribution in [-0.2, 0) is 0 Å². The number of nitrogens with zero attached hydrogens (tertiary/aromatic N) is 2. The van der Waals surface area contributed by atoms with Crippen molar-refractivity contribution in [2.75, 3.05) is 26.6 Å². The summed E-state index contributed by atoms with van der Waals surface area (Å²) in [5.74, 6) is 2.66. The van der Waals surface area contributed by atoms with E-state index >= 15 is 0 Å². The number of thioether (sulfide) groups is 1. The van der Waals surface area contributed by atoms with Gasteiger partial charge in [-0.05, 0) is 30.3 Å². The summed E-state index contributed by atoms with van der Waals surface area (Å²) in [6, 6.07) is 14.7. The fourth-order valence-electron chi connectivity index (χ4n) is 2.28. The first-order valence-corrected chi connectivity index (χ1v) is 9.22. The van der Waals surface area contributed by atoms with E-state index < -0.39 is 6.10 Å². The van der Waals surface area contributed by atoms with Gasteiger partial charge in [0.15, 0.2) is 11.5 Å². The molecule has 0 saturated carbocycles. The fourth-order valence-corrected chi connectivity index (χ4v) is 2.95. The van der Waals surface area contributed by atoms with E-state index in [0.717, 1.165) is 11.3 Å². The minimum atomic E-state index is -0.661. The monoisotopic (exact) mass is 388 g/mol. The molecule has 1 N–H and O–H groups in total. The summed E-state index contributed by atoms with van der Waals surface area (Å²) in [4.78, 5) is 0. The van der Waals surface area contributed by atoms with Gasteiger partial charge < -0.3 is 23.7 Å². The molecule has 7 nitrogen and oxygen atoms in total. The third-order valence-electron chi connectivity index (χ3n) is 3.62. The Morgan fingerprint density at radius 2 is 1.81 bits per heavy atom. The zero-order valence-electron chi connectivity index (χ0n) is 15.0. The van der Waals surface area contributed by atoms with Crippen LogP contribution in [0.4, 0.5) is 0 Å². The van der Waals surface area contributed by atoms with Gasteiger partial charge in [-0.3, -0.25) is 0 Å². The van der Waals surface area contributed by atoms with E-state index in [4.69, 9.17) is 18.6 Å². The summed E-state index contributed by atoms with van der Waals surface area (Å²) in [6.45, 7) is 0.188. The van der Waals surface area contributed by atoms with E-state index in [-0.39, 0.29) is 6.61 Å². The van der Waals surface area contributed by atoms with E-state index in [1.165, 1.54) is 11.8 Å². The number of para-hydroxylation sites is 1. The van der Waals surface area contributed by atoms with Gasteiger partial charge in [-0.15, -0.1) is 10.2 Å². The summed E-state index contributed by atoms with van der Waals surface area (Å²) in [6.07, 6.45) is -0.661. The Labute approximate surface area is 161 Å². The average molecular weight is 388 g/mol. The number of aliphatic hydroxyl groups excluding tert-OH is 1. The topological polar surface area (TPSA) is 86.8 Å². The number of hydrogen-bond donors (Lipinski definition) is 1. The summed E-state index contributed by atoms with van der Waals surface area (Å²) in [5.41, 5.74) is 0.722. The first-order valence-electron chi connectivity index (χ1n) is 8.24. The molecule has 27 heavy (non-hydrogen) atoms. The van der Waals surface area contributed by atoms with Crippen molar-refractivity contribution in [3.63, 3.8) is 0 Å². The van der Waals surface area contributed by atoms with Crippen LogP contribution in [0.5, 0.6) is 17.2 Å². The van der Waals surface area contributed by atoms with Crippen molar-refractivity contribution in [3.05, 3.63) is 48.5 Å². The second-order valence-corrected chi connectivity index (χ2v) is 6.50. The van der Waals surface area contributed by atoms with Crippen molar-refractivity contribution in [2.24, 2.45) is 0 Å². The molecule has 0 aliphatic rings. The highest BCUT2D eigenvalue weighted by atomic mass is 32.2. The molecule has 0 saturated heterocycles. The van der Waals surface area contributed by atoms with Crippen LogP contribution in [0, 0.1) is 0 Å². The van der Waals surface area contributed by atoms with Crippen molar-refractivity contribution in [2.45, 2.75) is 11.3 Å². The van der Waals surface area contributed by atoms with Gasteiger partial charge in [-0.25, -0.2) is 0 Å². The van der Waals surface area contributed by atoms with Crippen LogP contribution in [0.3, 0.4) is 0 Å². The zero-order chi connectivity index (χ0) is 19.1. The van der Waals surface area contributed by atoms with Crippen LogP contribution in [0.1, 0.15) is 0 Å². The lowest BCUT2D eigenvalue weighted by Crippen LogP contribution is -2.20. The van der Waals surface area contributed by atoms with Gasteiger partial charge in [0.1, 0.15) is 12.4 Å². The molecular weight excluding hydrogens is 368 g/mol. The number of hydrogen-bond acceptors (Lipinski definition) is 8. The van der Waals surface area contributed by atoms with Crippen molar-refractivity contribution in [3.8, 4) is 28.7 Å². The molecule has 0 radical (unpaired) electrons. The highest BCUT2D eigenvalue weighted by molar-refractivity contribution is 7.99. The lowest BCUT2D eigenvalue weighted by atomic mass is 10.2. The van der Waals surface area contributed by atoms with Gasteiger partial charge in [0.05, 0.1) is 20.3 Å². The maximum Gasteiger partial charge on any atom is 0.276 e. The molecule has 1 heterocycles. The molecule has 3 aromatic rings. The SMILES string of the molecule is COc1ccc(-c2nnc(SC[C@H](O)COc3ccccc3)o2)cc1OC. The number of aromatic nitrogens is 2. The number of aliphatic hydroxyl groups is 1. The Morgan fingerprint density at radius 3 is 2.56 bits per heavy atom. The van der Waals surface area contributed by atoms with Gasteiger partial charge in [-0.2, -0.15) is 0 Å². The summed E-state index contributed by atoms with van der Waals surface area (Å²) >= 11 is 1.27. The summed E-state index contributed by atoms with van der Waals surface area (Å²) in [5, 5.41) is 18.5. The second kappa shape index (κ2) is 9.29. The van der Waals surface area contributed by atoms with E-state index in [1.807, 2.05) is 36.4 Å². The van der Waals surface area contributed by atoms with Gasteiger partial charge in [0, 0.05) is 11.3 Å². The first-order chi connectivity index (χ1) is 13.2. The number of methoxy groups -OCH3 is 2. The quantitative estimate of drug-likeness (QED) is 0.559. The zero-order valence-corrected chi connectivity index (χ0v) is 15.8. The van der Waals surface area contributed by atoms with Crippen LogP contribution >= 0.6 is 11.8 Å². The number of benzene rings is 2. The third-order valence-corrected chi connectivity index (χ3v) is 4.59. The van der Waals surface area contributed by atoms with Crippen molar-refractivity contribution < 1.29 is 23.7 Å². The Hall–Kier alpha value is -2.71. The molecule has 8 heteroatoms. The lowest BCUT2D eigenvalue weighted by molar-refractivity contribution is 0.126. The molecule has 0 amide bonds. The molecule has 0 aliphatic heterocycles. The molecular formula is C19H20N2O5S. The standard InChI is InChI=1S/C19H20N2O5S/c1-23-16-9-8-13(10-17(16)24-2)18-20-21-19(26-18)27-12-14(22)11-25-15-6-4-3-5-7-15/h3-10,14,22H,11-12H2,1-2H3/t14-/m1/s1. The number of ether oxygens (including phenoxy) is 3. The minimum Gasteiger partial charge on any atom is -0.493 e. The van der Waals surface area contributed by atoms with Crippen LogP contribution in [0.25, 0.3) is 11.5 Å². The predicted molar refractivity (Wildman–Crippen MR) is 102 cm³/mol. The molecule has 1 aromatic heterocycles. The molecule has 1 atom stereocenters. The van der Waals surface area contributed by atoms with E-state index in [1.54, 1.807) is 26.4 Å². The van der Waals surface area contributed by atoms with Gasteiger partial charge in [0.25, 0.3) is 5.22 Å². The first kappa shape index (κ1) is 19.1. The van der Waals surface area contributed by atoms with Crippen LogP contribution in [0.15, 0.2) is 58.2 Å². The highest BCUT2D eigenvalue weighted by Crippen LogP contribution is 2.32. The normalized spacial score (nSPS) is 11.8. The largest absolute Gasteiger partial charge is 0.493 e. The summed E-state index contributed by atoms with van der Waals surface area (Å²) in [7, 11) is 3.14. The Morgan fingerprint density at radius 1 is 1.04 bits per heavy atom. The third kappa shape index (κ3) is 5.15. The molecule has 2 aromatic carbocycles. The Balaban J connectivity index is 1.55. The van der Waals surface area contributed by atoms with Crippen LogP contribution in [0.2, 0.25) is 0 Å². The Kier molecular flexibility index (Phi) is 6.56. The molecule has 0 bridgehead atoms. The predicted octanol–water partition coefficient (Wildman–Crippen LogP) is 3.29. The summed E-state index contributed by atoms with van der Waals surface area (Å²) < 4.78 is 21.7. The van der Waals surface area contributed by atoms with Crippen LogP contribution < -0.4 is 14.2 Å². The maximum absolute atomic E-state index is 10.1. The van der Waals surface area contributed by atoms with Crippen molar-refractivity contribution >= 4 is 11.8 Å². The minimum absolute atomic E-state index is 0.188. The van der Waals surface area contributed by atoms with E-state index in [2.05, 4.69) is 10.2 Å². The molecule has 142 valence electrons.